The highest BCUT2D eigenvalue weighted by Crippen LogP contribution is 2.53. The van der Waals surface area contributed by atoms with Crippen molar-refractivity contribution in [3.63, 3.8) is 0 Å². The number of methoxy groups -OCH3 is 5. The minimum absolute atomic E-state index is 0.0119. The van der Waals surface area contributed by atoms with Gasteiger partial charge in [0.15, 0.2) is 23.0 Å². The monoisotopic (exact) mass is 476 g/mol. The zero-order chi connectivity index (χ0) is 24.0. The maximum absolute atomic E-state index is 6.09. The van der Waals surface area contributed by atoms with Crippen LogP contribution < -0.4 is 23.7 Å². The van der Waals surface area contributed by atoms with E-state index in [0.29, 0.717) is 23.9 Å². The maximum atomic E-state index is 6.09. The number of hydrogen-bond donors (Lipinski definition) is 0. The standard InChI is InChI=1S/C26H36O6S/c1-8-12-32-25-21(29-4)15-18(16-22(25)33-7)26(11-9-10-23(26)30-5)17-13-19(27-2)24(31-6)20(14-17)28-3/h13-16,23H,8-12H2,1-7H3. The topological polar surface area (TPSA) is 55.4 Å². The van der Waals surface area contributed by atoms with E-state index in [1.54, 1.807) is 47.3 Å². The van der Waals surface area contributed by atoms with Crippen LogP contribution in [-0.4, -0.2) is 54.5 Å². The molecule has 1 aliphatic rings. The lowest BCUT2D eigenvalue weighted by Crippen LogP contribution is -2.37. The Hall–Kier alpha value is -2.25. The summed E-state index contributed by atoms with van der Waals surface area (Å²) >= 11 is 1.66. The van der Waals surface area contributed by atoms with Crippen molar-refractivity contribution in [2.45, 2.75) is 49.0 Å². The van der Waals surface area contributed by atoms with Crippen LogP contribution in [-0.2, 0) is 10.2 Å². The van der Waals surface area contributed by atoms with Crippen LogP contribution in [0.1, 0.15) is 43.7 Å². The van der Waals surface area contributed by atoms with E-state index in [2.05, 4.69) is 25.3 Å². The van der Waals surface area contributed by atoms with Crippen molar-refractivity contribution in [1.82, 2.24) is 0 Å². The highest BCUT2D eigenvalue weighted by Gasteiger charge is 2.47. The summed E-state index contributed by atoms with van der Waals surface area (Å²) in [5, 5.41) is 0. The van der Waals surface area contributed by atoms with Crippen LogP contribution >= 0.6 is 11.8 Å². The lowest BCUT2D eigenvalue weighted by atomic mass is 9.71. The molecule has 0 aliphatic heterocycles. The first-order valence-corrected chi connectivity index (χ1v) is 12.5. The van der Waals surface area contributed by atoms with Gasteiger partial charge in [0, 0.05) is 12.5 Å². The van der Waals surface area contributed by atoms with Gasteiger partial charge in [0.1, 0.15) is 0 Å². The van der Waals surface area contributed by atoms with Crippen molar-refractivity contribution in [2.24, 2.45) is 0 Å². The van der Waals surface area contributed by atoms with Gasteiger partial charge in [0.25, 0.3) is 0 Å². The largest absolute Gasteiger partial charge is 0.493 e. The summed E-state index contributed by atoms with van der Waals surface area (Å²) in [4.78, 5) is 1.05. The van der Waals surface area contributed by atoms with E-state index < -0.39 is 5.41 Å². The lowest BCUT2D eigenvalue weighted by molar-refractivity contribution is 0.0667. The summed E-state index contributed by atoms with van der Waals surface area (Å²) in [6, 6.07) is 8.42. The lowest BCUT2D eigenvalue weighted by Gasteiger charge is -2.37. The molecule has 1 saturated carbocycles. The van der Waals surface area contributed by atoms with Crippen molar-refractivity contribution in [3.8, 4) is 28.7 Å². The number of ether oxygens (including phenoxy) is 6. The second-order valence-corrected chi connectivity index (χ2v) is 8.91. The molecule has 2 unspecified atom stereocenters. The Morgan fingerprint density at radius 3 is 1.91 bits per heavy atom. The molecule has 1 fully saturated rings. The second kappa shape index (κ2) is 11.3. The molecule has 0 aromatic heterocycles. The van der Waals surface area contributed by atoms with Gasteiger partial charge in [-0.2, -0.15) is 0 Å². The zero-order valence-electron chi connectivity index (χ0n) is 20.8. The molecule has 182 valence electrons. The van der Waals surface area contributed by atoms with Crippen LogP contribution in [0.15, 0.2) is 29.2 Å². The predicted octanol–water partition coefficient (Wildman–Crippen LogP) is 5.72. The Morgan fingerprint density at radius 2 is 1.42 bits per heavy atom. The minimum atomic E-state index is -0.400. The summed E-state index contributed by atoms with van der Waals surface area (Å²) in [6.45, 7) is 2.74. The van der Waals surface area contributed by atoms with E-state index in [9.17, 15) is 0 Å². The Labute approximate surface area is 201 Å². The molecule has 33 heavy (non-hydrogen) atoms. The van der Waals surface area contributed by atoms with Crippen molar-refractivity contribution in [2.75, 3.05) is 48.4 Å². The van der Waals surface area contributed by atoms with Gasteiger partial charge in [-0.3, -0.25) is 0 Å². The summed E-state index contributed by atoms with van der Waals surface area (Å²) in [5.74, 6) is 3.37. The third-order valence-electron chi connectivity index (χ3n) is 6.48. The highest BCUT2D eigenvalue weighted by atomic mass is 32.2. The summed E-state index contributed by atoms with van der Waals surface area (Å²) in [5.41, 5.74) is 1.80. The van der Waals surface area contributed by atoms with Crippen molar-refractivity contribution >= 4 is 11.8 Å². The first-order chi connectivity index (χ1) is 16.0. The van der Waals surface area contributed by atoms with Gasteiger partial charge in [0.05, 0.1) is 46.0 Å². The van der Waals surface area contributed by atoms with Crippen LogP contribution in [0.4, 0.5) is 0 Å². The first kappa shape index (κ1) is 25.4. The normalized spacial score (nSPS) is 19.9. The molecule has 3 rings (SSSR count). The highest BCUT2D eigenvalue weighted by molar-refractivity contribution is 7.98. The van der Waals surface area contributed by atoms with Gasteiger partial charge in [0.2, 0.25) is 5.75 Å². The predicted molar refractivity (Wildman–Crippen MR) is 132 cm³/mol. The average molecular weight is 477 g/mol. The average Bonchev–Trinajstić information content (AvgIpc) is 3.30. The van der Waals surface area contributed by atoms with Crippen molar-refractivity contribution < 1.29 is 28.4 Å². The molecule has 2 atom stereocenters. The molecule has 0 heterocycles. The van der Waals surface area contributed by atoms with Crippen LogP contribution in [0.25, 0.3) is 0 Å². The van der Waals surface area contributed by atoms with Crippen LogP contribution in [0.5, 0.6) is 28.7 Å². The molecule has 0 amide bonds. The fourth-order valence-corrected chi connectivity index (χ4v) is 5.53. The number of rotatable bonds is 11. The molecular formula is C26H36O6S. The van der Waals surface area contributed by atoms with Crippen LogP contribution in [0.3, 0.4) is 0 Å². The van der Waals surface area contributed by atoms with E-state index in [1.165, 1.54) is 0 Å². The summed E-state index contributed by atoms with van der Waals surface area (Å²) in [7, 11) is 8.38. The molecule has 1 aliphatic carbocycles. The number of benzene rings is 2. The maximum Gasteiger partial charge on any atom is 0.203 e. The fourth-order valence-electron chi connectivity index (χ4n) is 4.94. The number of thioether (sulfide) groups is 1. The van der Waals surface area contributed by atoms with Crippen LogP contribution in [0.2, 0.25) is 0 Å². The molecule has 0 saturated heterocycles. The molecule has 0 spiro atoms. The Balaban J connectivity index is 2.29. The van der Waals surface area contributed by atoms with E-state index in [0.717, 1.165) is 53.2 Å². The van der Waals surface area contributed by atoms with Gasteiger partial charge in [-0.15, -0.1) is 11.8 Å². The quantitative estimate of drug-likeness (QED) is 0.385. The van der Waals surface area contributed by atoms with Crippen molar-refractivity contribution in [3.05, 3.63) is 35.4 Å². The summed E-state index contributed by atoms with van der Waals surface area (Å²) in [6.07, 6.45) is 5.91. The fraction of sp³-hybridized carbons (Fsp3) is 0.538. The third kappa shape index (κ3) is 4.58. The number of hydrogen-bond acceptors (Lipinski definition) is 7. The van der Waals surface area contributed by atoms with Crippen LogP contribution in [0, 0.1) is 0 Å². The molecule has 7 heteroatoms. The third-order valence-corrected chi connectivity index (χ3v) is 7.22. The van der Waals surface area contributed by atoms with E-state index in [4.69, 9.17) is 28.4 Å². The minimum Gasteiger partial charge on any atom is -0.493 e. The van der Waals surface area contributed by atoms with E-state index >= 15 is 0 Å². The molecule has 0 bridgehead atoms. The Kier molecular flexibility index (Phi) is 8.65. The molecule has 2 aromatic rings. The first-order valence-electron chi connectivity index (χ1n) is 11.3. The molecular weight excluding hydrogens is 440 g/mol. The van der Waals surface area contributed by atoms with Crippen molar-refractivity contribution in [1.29, 1.82) is 0 Å². The van der Waals surface area contributed by atoms with Gasteiger partial charge < -0.3 is 28.4 Å². The van der Waals surface area contributed by atoms with E-state index in [1.807, 2.05) is 12.1 Å². The molecule has 0 radical (unpaired) electrons. The zero-order valence-corrected chi connectivity index (χ0v) is 21.6. The second-order valence-electron chi connectivity index (χ2n) is 8.06. The molecule has 2 aromatic carbocycles. The Bertz CT molecular complexity index is 896. The van der Waals surface area contributed by atoms with Gasteiger partial charge in [-0.05, 0) is 67.3 Å². The molecule has 6 nitrogen and oxygen atoms in total. The summed E-state index contributed by atoms with van der Waals surface area (Å²) < 4.78 is 34.9. The van der Waals surface area contributed by atoms with Gasteiger partial charge in [-0.1, -0.05) is 6.92 Å². The van der Waals surface area contributed by atoms with Gasteiger partial charge >= 0.3 is 0 Å². The molecule has 0 N–H and O–H groups in total. The smallest absolute Gasteiger partial charge is 0.203 e. The Morgan fingerprint density at radius 1 is 0.848 bits per heavy atom. The van der Waals surface area contributed by atoms with Gasteiger partial charge in [-0.25, -0.2) is 0 Å². The van der Waals surface area contributed by atoms with E-state index in [-0.39, 0.29) is 6.10 Å². The SMILES string of the molecule is CCCOc1c(OC)cc(C2(c3cc(OC)c(OC)c(OC)c3)CCCC2OC)cc1SC.